The fourth-order valence-corrected chi connectivity index (χ4v) is 2.68. The van der Waals surface area contributed by atoms with Crippen LogP contribution in [0.2, 0.25) is 0 Å². The number of hydrogen-bond donors (Lipinski definition) is 1. The quantitative estimate of drug-likeness (QED) is 0.920. The van der Waals surface area contributed by atoms with Crippen molar-refractivity contribution in [1.29, 1.82) is 0 Å². The van der Waals surface area contributed by atoms with E-state index in [1.165, 1.54) is 6.07 Å². The molecule has 0 amide bonds. The zero-order chi connectivity index (χ0) is 15.0. The highest BCUT2D eigenvalue weighted by molar-refractivity contribution is 6.12. The van der Waals surface area contributed by atoms with Crippen molar-refractivity contribution in [2.75, 3.05) is 7.11 Å². The standard InChI is InChI=1S/C17H14O4/c1-21-13-6-7-14-11(8-13)4-2-10-3-5-12(17(19)20)9-15(10)16(14)18/h3,5-9H,2,4H2,1H3,(H,19,20). The summed E-state index contributed by atoms with van der Waals surface area (Å²) in [5, 5.41) is 9.08. The molecule has 1 aliphatic rings. The Labute approximate surface area is 122 Å². The zero-order valence-corrected chi connectivity index (χ0v) is 11.6. The Balaban J connectivity index is 2.13. The highest BCUT2D eigenvalue weighted by Crippen LogP contribution is 2.28. The van der Waals surface area contributed by atoms with Crippen LogP contribution in [0.25, 0.3) is 0 Å². The van der Waals surface area contributed by atoms with Crippen molar-refractivity contribution in [1.82, 2.24) is 0 Å². The van der Waals surface area contributed by atoms with Crippen LogP contribution in [0.3, 0.4) is 0 Å². The fraction of sp³-hybridized carbons (Fsp3) is 0.176. The minimum Gasteiger partial charge on any atom is -0.497 e. The van der Waals surface area contributed by atoms with E-state index < -0.39 is 5.97 Å². The van der Waals surface area contributed by atoms with Crippen molar-refractivity contribution in [2.24, 2.45) is 0 Å². The first kappa shape index (κ1) is 13.4. The number of aryl methyl sites for hydroxylation is 2. The summed E-state index contributed by atoms with van der Waals surface area (Å²) in [6.45, 7) is 0. The van der Waals surface area contributed by atoms with Crippen molar-refractivity contribution in [3.05, 3.63) is 64.2 Å². The van der Waals surface area contributed by atoms with Crippen LogP contribution in [-0.4, -0.2) is 24.0 Å². The van der Waals surface area contributed by atoms with Crippen LogP contribution < -0.4 is 4.74 Å². The monoisotopic (exact) mass is 282 g/mol. The van der Waals surface area contributed by atoms with Gasteiger partial charge in [-0.05, 0) is 54.3 Å². The van der Waals surface area contributed by atoms with Crippen molar-refractivity contribution in [3.63, 3.8) is 0 Å². The maximum atomic E-state index is 12.7. The molecule has 0 saturated carbocycles. The molecule has 4 nitrogen and oxygen atoms in total. The number of carboxylic acid groups (broad SMARTS) is 1. The molecule has 21 heavy (non-hydrogen) atoms. The summed E-state index contributed by atoms with van der Waals surface area (Å²) in [5.74, 6) is -0.424. The summed E-state index contributed by atoms with van der Waals surface area (Å²) in [4.78, 5) is 23.7. The lowest BCUT2D eigenvalue weighted by atomic mass is 9.97. The van der Waals surface area contributed by atoms with Gasteiger partial charge in [0.05, 0.1) is 12.7 Å². The second-order valence-electron chi connectivity index (χ2n) is 5.03. The first-order valence-electron chi connectivity index (χ1n) is 6.68. The SMILES string of the molecule is COc1ccc2c(c1)CCc1ccc(C(=O)O)cc1C2=O. The fourth-order valence-electron chi connectivity index (χ4n) is 2.68. The molecule has 1 aliphatic carbocycles. The second kappa shape index (κ2) is 5.05. The van der Waals surface area contributed by atoms with Gasteiger partial charge in [-0.15, -0.1) is 0 Å². The zero-order valence-electron chi connectivity index (χ0n) is 11.6. The third-order valence-corrected chi connectivity index (χ3v) is 3.82. The molecule has 0 spiro atoms. The predicted octanol–water partition coefficient (Wildman–Crippen LogP) is 2.72. The van der Waals surface area contributed by atoms with Gasteiger partial charge in [0.2, 0.25) is 0 Å². The topological polar surface area (TPSA) is 63.6 Å². The Morgan fingerprint density at radius 1 is 1.05 bits per heavy atom. The van der Waals surface area contributed by atoms with Gasteiger partial charge in [-0.2, -0.15) is 0 Å². The predicted molar refractivity (Wildman–Crippen MR) is 77.2 cm³/mol. The largest absolute Gasteiger partial charge is 0.497 e. The first-order valence-corrected chi connectivity index (χ1v) is 6.68. The van der Waals surface area contributed by atoms with Gasteiger partial charge in [-0.3, -0.25) is 4.79 Å². The molecule has 2 aromatic rings. The number of carbonyl (C=O) groups is 2. The minimum atomic E-state index is -1.02. The van der Waals surface area contributed by atoms with Gasteiger partial charge in [-0.25, -0.2) is 4.79 Å². The number of methoxy groups -OCH3 is 1. The molecule has 0 bridgehead atoms. The summed E-state index contributed by atoms with van der Waals surface area (Å²) >= 11 is 0. The van der Waals surface area contributed by atoms with Crippen LogP contribution in [-0.2, 0) is 12.8 Å². The number of carbonyl (C=O) groups excluding carboxylic acids is 1. The van der Waals surface area contributed by atoms with Crippen molar-refractivity contribution in [3.8, 4) is 5.75 Å². The van der Waals surface area contributed by atoms with Crippen molar-refractivity contribution >= 4 is 11.8 Å². The van der Waals surface area contributed by atoms with Gasteiger partial charge in [0.25, 0.3) is 0 Å². The van der Waals surface area contributed by atoms with Crippen LogP contribution >= 0.6 is 0 Å². The van der Waals surface area contributed by atoms with Crippen molar-refractivity contribution in [2.45, 2.75) is 12.8 Å². The van der Waals surface area contributed by atoms with Gasteiger partial charge >= 0.3 is 5.97 Å². The lowest BCUT2D eigenvalue weighted by molar-refractivity contribution is 0.0697. The summed E-state index contributed by atoms with van der Waals surface area (Å²) in [7, 11) is 1.59. The number of fused-ring (bicyclic) bond motifs is 2. The Kier molecular flexibility index (Phi) is 3.22. The molecule has 106 valence electrons. The van der Waals surface area contributed by atoms with Crippen LogP contribution in [0.15, 0.2) is 36.4 Å². The first-order chi connectivity index (χ1) is 10.1. The summed E-state index contributed by atoms with van der Waals surface area (Å²) < 4.78 is 5.19. The normalized spacial score (nSPS) is 13.1. The molecule has 0 heterocycles. The second-order valence-corrected chi connectivity index (χ2v) is 5.03. The van der Waals surface area contributed by atoms with Crippen LogP contribution in [0.1, 0.15) is 37.4 Å². The molecule has 0 unspecified atom stereocenters. The summed E-state index contributed by atoms with van der Waals surface area (Å²) in [6, 6.07) is 10.1. The maximum absolute atomic E-state index is 12.7. The molecule has 0 saturated heterocycles. The van der Waals surface area contributed by atoms with E-state index >= 15 is 0 Å². The number of ether oxygens (including phenoxy) is 1. The highest BCUT2D eigenvalue weighted by Gasteiger charge is 2.22. The third kappa shape index (κ3) is 2.29. The molecule has 1 N–H and O–H groups in total. The number of hydrogen-bond acceptors (Lipinski definition) is 3. The number of carboxylic acids is 1. The Morgan fingerprint density at radius 3 is 2.52 bits per heavy atom. The van der Waals surface area contributed by atoms with Gasteiger partial charge in [0.15, 0.2) is 5.78 Å². The van der Waals surface area contributed by atoms with E-state index in [9.17, 15) is 9.59 Å². The summed E-state index contributed by atoms with van der Waals surface area (Å²) in [5.41, 5.74) is 3.07. The average molecular weight is 282 g/mol. The van der Waals surface area contributed by atoms with Gasteiger partial charge < -0.3 is 9.84 Å². The Hall–Kier alpha value is -2.62. The van der Waals surface area contributed by atoms with Gasteiger partial charge in [-0.1, -0.05) is 6.07 Å². The van der Waals surface area contributed by atoms with E-state index in [4.69, 9.17) is 9.84 Å². The molecule has 0 atom stereocenters. The molecule has 3 rings (SSSR count). The molecule has 4 heteroatoms. The molecule has 2 aromatic carbocycles. The molecular weight excluding hydrogens is 268 g/mol. The van der Waals surface area contributed by atoms with E-state index in [1.54, 1.807) is 31.4 Å². The average Bonchev–Trinajstić information content (AvgIpc) is 2.64. The van der Waals surface area contributed by atoms with Crippen LogP contribution in [0.5, 0.6) is 5.75 Å². The molecule has 0 fully saturated rings. The lowest BCUT2D eigenvalue weighted by Gasteiger charge is -2.07. The molecule has 0 aromatic heterocycles. The summed E-state index contributed by atoms with van der Waals surface area (Å²) in [6.07, 6.45) is 1.44. The molecule has 0 aliphatic heterocycles. The Morgan fingerprint density at radius 2 is 1.81 bits per heavy atom. The minimum absolute atomic E-state index is 0.122. The number of aromatic carboxylic acids is 1. The van der Waals surface area contributed by atoms with Gasteiger partial charge in [0.1, 0.15) is 5.75 Å². The van der Waals surface area contributed by atoms with E-state index in [1.807, 2.05) is 6.07 Å². The number of ketones is 1. The van der Waals surface area contributed by atoms with Crippen LogP contribution in [0.4, 0.5) is 0 Å². The maximum Gasteiger partial charge on any atom is 0.335 e. The number of rotatable bonds is 2. The van der Waals surface area contributed by atoms with Crippen molar-refractivity contribution < 1.29 is 19.4 Å². The third-order valence-electron chi connectivity index (χ3n) is 3.82. The van der Waals surface area contributed by atoms with Gasteiger partial charge in [0, 0.05) is 11.1 Å². The highest BCUT2D eigenvalue weighted by atomic mass is 16.5. The Bertz CT molecular complexity index is 746. The number of benzene rings is 2. The molecule has 0 radical (unpaired) electrons. The lowest BCUT2D eigenvalue weighted by Crippen LogP contribution is -2.07. The van der Waals surface area contributed by atoms with Crippen LogP contribution in [0, 0.1) is 0 Å². The van der Waals surface area contributed by atoms with E-state index in [0.717, 1.165) is 23.3 Å². The molecular formula is C17H14O4. The smallest absolute Gasteiger partial charge is 0.335 e. The van der Waals surface area contributed by atoms with E-state index in [2.05, 4.69) is 0 Å². The van der Waals surface area contributed by atoms with E-state index in [0.29, 0.717) is 17.5 Å². The van der Waals surface area contributed by atoms with E-state index in [-0.39, 0.29) is 11.3 Å².